The molecule has 1 aromatic carbocycles. The van der Waals surface area contributed by atoms with Crippen molar-refractivity contribution in [3.63, 3.8) is 0 Å². The molecule has 3 aromatic rings. The molecule has 1 N–H and O–H groups in total. The van der Waals surface area contributed by atoms with Gasteiger partial charge >= 0.3 is 6.09 Å². The maximum absolute atomic E-state index is 12.1. The van der Waals surface area contributed by atoms with E-state index in [1.54, 1.807) is 18.3 Å². The van der Waals surface area contributed by atoms with Gasteiger partial charge in [-0.05, 0) is 32.4 Å². The molecule has 6 nitrogen and oxygen atoms in total. The van der Waals surface area contributed by atoms with E-state index in [1.165, 1.54) is 0 Å². The van der Waals surface area contributed by atoms with E-state index in [4.69, 9.17) is 4.74 Å². The van der Waals surface area contributed by atoms with Crippen molar-refractivity contribution in [3.05, 3.63) is 48.4 Å². The Bertz CT molecular complexity index is 878. The minimum atomic E-state index is -0.496. The summed E-state index contributed by atoms with van der Waals surface area (Å²) in [4.78, 5) is 25.3. The van der Waals surface area contributed by atoms with Gasteiger partial charge in [0.05, 0.1) is 5.69 Å². The molecule has 0 unspecified atom stereocenters. The number of rotatable bonds is 3. The zero-order valence-corrected chi connectivity index (χ0v) is 14.9. The van der Waals surface area contributed by atoms with Gasteiger partial charge in [-0.3, -0.25) is 0 Å². The molecule has 1 amide bonds. The fourth-order valence-corrected chi connectivity index (χ4v) is 2.55. The van der Waals surface area contributed by atoms with E-state index in [1.807, 2.05) is 57.3 Å². The number of hydrogen-bond donors (Lipinski definition) is 1. The molecule has 2 heterocycles. The summed E-state index contributed by atoms with van der Waals surface area (Å²) in [5.74, 6) is 0. The lowest BCUT2D eigenvalue weighted by atomic mass is 10.1. The van der Waals surface area contributed by atoms with Crippen LogP contribution in [0.3, 0.4) is 0 Å². The molecule has 3 rings (SSSR count). The Morgan fingerprint density at radius 1 is 1.16 bits per heavy atom. The number of nitrogens with one attached hydrogen (secondary N) is 1. The lowest BCUT2D eigenvalue weighted by Gasteiger charge is -2.24. The van der Waals surface area contributed by atoms with Crippen LogP contribution in [0.5, 0.6) is 0 Å². The highest BCUT2D eigenvalue weighted by Gasteiger charge is 2.19. The number of nitrogens with zero attached hydrogens (tertiary/aromatic N) is 3. The predicted octanol–water partition coefficient (Wildman–Crippen LogP) is 3.99. The largest absolute Gasteiger partial charge is 0.444 e. The van der Waals surface area contributed by atoms with Crippen LogP contribution in [0.1, 0.15) is 26.3 Å². The Morgan fingerprint density at radius 3 is 2.56 bits per heavy atom. The average Bonchev–Trinajstić information content (AvgIpc) is 3.02. The lowest BCUT2D eigenvalue weighted by molar-refractivity contribution is 0.0285. The summed E-state index contributed by atoms with van der Waals surface area (Å²) < 4.78 is 5.37. The Hall–Kier alpha value is -2.89. The van der Waals surface area contributed by atoms with E-state index in [0.29, 0.717) is 6.54 Å². The third kappa shape index (κ3) is 3.96. The quantitative estimate of drug-likeness (QED) is 0.784. The fraction of sp³-hybridized carbons (Fsp3) is 0.316. The molecule has 25 heavy (non-hydrogen) atoms. The second-order valence-electron chi connectivity index (χ2n) is 7.00. The normalized spacial score (nSPS) is 11.5. The van der Waals surface area contributed by atoms with E-state index >= 15 is 0 Å². The van der Waals surface area contributed by atoms with Crippen molar-refractivity contribution in [2.45, 2.75) is 32.9 Å². The van der Waals surface area contributed by atoms with Gasteiger partial charge in [-0.1, -0.05) is 24.3 Å². The highest BCUT2D eigenvalue weighted by atomic mass is 16.6. The zero-order chi connectivity index (χ0) is 18.0. The number of amides is 1. The molecule has 0 aliphatic carbocycles. The maximum Gasteiger partial charge on any atom is 0.410 e. The Balaban J connectivity index is 1.74. The first-order valence-corrected chi connectivity index (χ1v) is 8.15. The third-order valence-corrected chi connectivity index (χ3v) is 3.71. The van der Waals surface area contributed by atoms with Gasteiger partial charge in [0.15, 0.2) is 0 Å². The van der Waals surface area contributed by atoms with Gasteiger partial charge in [0.1, 0.15) is 17.6 Å². The summed E-state index contributed by atoms with van der Waals surface area (Å²) in [6.45, 7) is 6.06. The molecular weight excluding hydrogens is 316 g/mol. The highest BCUT2D eigenvalue weighted by Crippen LogP contribution is 2.25. The van der Waals surface area contributed by atoms with E-state index in [9.17, 15) is 4.79 Å². The number of ether oxygens (including phenoxy) is 1. The molecule has 0 saturated carbocycles. The number of aromatic nitrogens is 3. The molecule has 0 saturated heterocycles. The summed E-state index contributed by atoms with van der Waals surface area (Å²) in [6, 6.07) is 9.97. The predicted molar refractivity (Wildman–Crippen MR) is 97.0 cm³/mol. The number of carbonyl (C=O) groups is 1. The molecule has 0 fully saturated rings. The van der Waals surface area contributed by atoms with Crippen LogP contribution in [0, 0.1) is 0 Å². The minimum Gasteiger partial charge on any atom is -0.444 e. The lowest BCUT2D eigenvalue weighted by Crippen LogP contribution is -2.33. The molecule has 0 bridgehead atoms. The van der Waals surface area contributed by atoms with Gasteiger partial charge < -0.3 is 14.6 Å². The maximum atomic E-state index is 12.1. The molecule has 0 aliphatic rings. The van der Waals surface area contributed by atoms with Crippen molar-refractivity contribution in [2.75, 3.05) is 7.05 Å². The molecule has 0 spiro atoms. The van der Waals surface area contributed by atoms with E-state index in [0.717, 1.165) is 27.9 Å². The SMILES string of the molecule is CN(Cc1ccc(-c2ncnc3[nH]ccc23)cc1)C(=O)OC(C)(C)C. The van der Waals surface area contributed by atoms with Crippen molar-refractivity contribution < 1.29 is 9.53 Å². The van der Waals surface area contributed by atoms with Gasteiger partial charge in [0.2, 0.25) is 0 Å². The Morgan fingerprint density at radius 2 is 1.88 bits per heavy atom. The molecule has 0 atom stereocenters. The summed E-state index contributed by atoms with van der Waals surface area (Å²) >= 11 is 0. The monoisotopic (exact) mass is 338 g/mol. The Kier molecular flexibility index (Phi) is 4.44. The van der Waals surface area contributed by atoms with Crippen molar-refractivity contribution in [3.8, 4) is 11.3 Å². The number of aromatic amines is 1. The van der Waals surface area contributed by atoms with Crippen LogP contribution in [0.15, 0.2) is 42.9 Å². The van der Waals surface area contributed by atoms with Crippen LogP contribution in [-0.4, -0.2) is 38.6 Å². The fourth-order valence-electron chi connectivity index (χ4n) is 2.55. The van der Waals surface area contributed by atoms with E-state index in [2.05, 4.69) is 15.0 Å². The van der Waals surface area contributed by atoms with Crippen molar-refractivity contribution >= 4 is 17.1 Å². The molecule has 130 valence electrons. The van der Waals surface area contributed by atoms with Crippen LogP contribution in [0.4, 0.5) is 4.79 Å². The molecular formula is C19H22N4O2. The van der Waals surface area contributed by atoms with Crippen LogP contribution in [-0.2, 0) is 11.3 Å². The molecule has 0 aliphatic heterocycles. The Labute approximate surface area is 146 Å². The summed E-state index contributed by atoms with van der Waals surface area (Å²) in [5.41, 5.74) is 3.24. The number of hydrogen-bond acceptors (Lipinski definition) is 4. The summed E-state index contributed by atoms with van der Waals surface area (Å²) in [6.07, 6.45) is 3.08. The van der Waals surface area contributed by atoms with E-state index < -0.39 is 5.60 Å². The van der Waals surface area contributed by atoms with Crippen LogP contribution in [0.2, 0.25) is 0 Å². The van der Waals surface area contributed by atoms with Gasteiger partial charge in [-0.15, -0.1) is 0 Å². The second-order valence-corrected chi connectivity index (χ2v) is 7.00. The average molecular weight is 338 g/mol. The number of H-pyrrole nitrogens is 1. The van der Waals surface area contributed by atoms with Gasteiger partial charge in [-0.25, -0.2) is 14.8 Å². The zero-order valence-electron chi connectivity index (χ0n) is 14.9. The van der Waals surface area contributed by atoms with Gasteiger partial charge in [-0.2, -0.15) is 0 Å². The molecule has 0 radical (unpaired) electrons. The number of fused-ring (bicyclic) bond motifs is 1. The van der Waals surface area contributed by atoms with Gasteiger partial charge in [0, 0.05) is 30.7 Å². The first-order chi connectivity index (χ1) is 11.8. The molecule has 2 aromatic heterocycles. The smallest absolute Gasteiger partial charge is 0.410 e. The summed E-state index contributed by atoms with van der Waals surface area (Å²) in [5, 5.41) is 0.987. The molecule has 6 heteroatoms. The van der Waals surface area contributed by atoms with Crippen molar-refractivity contribution in [1.82, 2.24) is 19.9 Å². The highest BCUT2D eigenvalue weighted by molar-refractivity contribution is 5.90. The topological polar surface area (TPSA) is 71.1 Å². The van der Waals surface area contributed by atoms with E-state index in [-0.39, 0.29) is 6.09 Å². The first-order valence-electron chi connectivity index (χ1n) is 8.15. The van der Waals surface area contributed by atoms with Crippen LogP contribution < -0.4 is 0 Å². The minimum absolute atomic E-state index is 0.332. The van der Waals surface area contributed by atoms with Crippen molar-refractivity contribution in [2.24, 2.45) is 0 Å². The number of carbonyl (C=O) groups excluding carboxylic acids is 1. The summed E-state index contributed by atoms with van der Waals surface area (Å²) in [7, 11) is 1.73. The van der Waals surface area contributed by atoms with Crippen LogP contribution >= 0.6 is 0 Å². The van der Waals surface area contributed by atoms with Gasteiger partial charge in [0.25, 0.3) is 0 Å². The van der Waals surface area contributed by atoms with Crippen molar-refractivity contribution in [1.29, 1.82) is 0 Å². The first kappa shape index (κ1) is 17.0. The second kappa shape index (κ2) is 6.55. The standard InChI is InChI=1S/C19H22N4O2/c1-19(2,3)25-18(24)23(4)11-13-5-7-14(8-6-13)16-15-9-10-20-17(15)22-12-21-16/h5-10,12H,11H2,1-4H3,(H,20,21,22). The van der Waals surface area contributed by atoms with Crippen LogP contribution in [0.25, 0.3) is 22.3 Å². The third-order valence-electron chi connectivity index (χ3n) is 3.71. The number of benzene rings is 1.